The molecule has 250 valence electrons. The molecule has 0 rings (SSSR count). The predicted octanol–water partition coefficient (Wildman–Crippen LogP) is 10.9. The highest BCUT2D eigenvalue weighted by Gasteiger charge is 2.16. The molecule has 0 bridgehead atoms. The quantitative estimate of drug-likeness (QED) is 0.0617. The van der Waals surface area contributed by atoms with Crippen LogP contribution in [0.15, 0.2) is 0 Å². The first-order valence-corrected chi connectivity index (χ1v) is 18.3. The van der Waals surface area contributed by atoms with E-state index in [1.54, 1.807) is 0 Å². The first kappa shape index (κ1) is 40.9. The van der Waals surface area contributed by atoms with E-state index in [1.165, 1.54) is 116 Å². The van der Waals surface area contributed by atoms with Gasteiger partial charge in [-0.1, -0.05) is 169 Å². The van der Waals surface area contributed by atoms with Crippen molar-refractivity contribution in [3.63, 3.8) is 0 Å². The third kappa shape index (κ3) is 31.8. The van der Waals surface area contributed by atoms with Gasteiger partial charge in [-0.3, -0.25) is 9.59 Å². The van der Waals surface area contributed by atoms with Crippen LogP contribution in [0.1, 0.15) is 195 Å². The molecule has 42 heavy (non-hydrogen) atoms. The molecule has 0 aromatic heterocycles. The van der Waals surface area contributed by atoms with E-state index in [4.69, 9.17) is 9.47 Å². The van der Waals surface area contributed by atoms with Gasteiger partial charge in [-0.05, 0) is 24.7 Å². The number of unbranched alkanes of at least 4 members (excludes halogenated alkanes) is 20. The van der Waals surface area contributed by atoms with Crippen LogP contribution in [0.25, 0.3) is 0 Å². The topological polar surface area (TPSA) is 72.8 Å². The van der Waals surface area contributed by atoms with E-state index in [2.05, 4.69) is 27.7 Å². The fourth-order valence-electron chi connectivity index (χ4n) is 5.45. The van der Waals surface area contributed by atoms with E-state index in [1.807, 2.05) is 0 Å². The van der Waals surface area contributed by atoms with Gasteiger partial charge < -0.3 is 14.6 Å². The number of aliphatic hydroxyl groups is 1. The Labute approximate surface area is 261 Å². The number of ether oxygens (including phenoxy) is 2. The van der Waals surface area contributed by atoms with E-state index >= 15 is 0 Å². The second kappa shape index (κ2) is 31.3. The number of aliphatic hydroxyl groups excluding tert-OH is 1. The number of esters is 2. The highest BCUT2D eigenvalue weighted by atomic mass is 16.6. The van der Waals surface area contributed by atoms with Crippen molar-refractivity contribution in [2.24, 2.45) is 11.8 Å². The fraction of sp³-hybridized carbons (Fsp3) is 0.946. The molecular formula is C37H72O5. The molecule has 0 spiro atoms. The number of carbonyl (C=O) groups excluding carboxylic acids is 2. The standard InChI is InChI=1S/C37H72O5/c1-33(2)27-23-19-15-11-8-6-5-7-9-13-18-22-26-30-37(40)42-35(31-38)32-41-36(39)29-25-21-17-14-10-12-16-20-24-28-34(3)4/h33-35,38H,5-32H2,1-4H3/t35-/m0/s1. The smallest absolute Gasteiger partial charge is 0.306 e. The summed E-state index contributed by atoms with van der Waals surface area (Å²) in [6.07, 6.45) is 30.2. The summed E-state index contributed by atoms with van der Waals surface area (Å²) in [7, 11) is 0. The molecule has 0 aliphatic carbocycles. The normalized spacial score (nSPS) is 12.3. The number of hydrogen-bond donors (Lipinski definition) is 1. The minimum absolute atomic E-state index is 0.0595. The van der Waals surface area contributed by atoms with E-state index in [9.17, 15) is 14.7 Å². The molecule has 1 N–H and O–H groups in total. The lowest BCUT2D eigenvalue weighted by Crippen LogP contribution is -2.28. The Morgan fingerprint density at radius 2 is 0.786 bits per heavy atom. The Morgan fingerprint density at radius 1 is 0.476 bits per heavy atom. The van der Waals surface area contributed by atoms with Gasteiger partial charge in [0.05, 0.1) is 6.61 Å². The second-order valence-corrected chi connectivity index (χ2v) is 13.6. The van der Waals surface area contributed by atoms with Crippen LogP contribution in [-0.4, -0.2) is 36.4 Å². The molecule has 5 heteroatoms. The summed E-state index contributed by atoms with van der Waals surface area (Å²) in [6, 6.07) is 0. The zero-order chi connectivity index (χ0) is 31.1. The molecule has 0 fully saturated rings. The van der Waals surface area contributed by atoms with Gasteiger partial charge >= 0.3 is 11.9 Å². The molecule has 0 saturated heterocycles. The fourth-order valence-corrected chi connectivity index (χ4v) is 5.45. The summed E-state index contributed by atoms with van der Waals surface area (Å²) in [4.78, 5) is 24.2. The Hall–Kier alpha value is -1.10. The van der Waals surface area contributed by atoms with Crippen LogP contribution in [-0.2, 0) is 19.1 Å². The van der Waals surface area contributed by atoms with Gasteiger partial charge in [0.15, 0.2) is 6.10 Å². The SMILES string of the molecule is CC(C)CCCCCCCCCCCCCCCC(=O)O[C@@H](CO)COC(=O)CCCCCCCCCCCC(C)C. The maximum absolute atomic E-state index is 12.1. The highest BCUT2D eigenvalue weighted by molar-refractivity contribution is 5.70. The lowest BCUT2D eigenvalue weighted by molar-refractivity contribution is -0.161. The molecule has 1 atom stereocenters. The van der Waals surface area contributed by atoms with Crippen molar-refractivity contribution in [1.82, 2.24) is 0 Å². The van der Waals surface area contributed by atoms with Gasteiger partial charge in [0.1, 0.15) is 6.61 Å². The first-order chi connectivity index (χ1) is 20.3. The Bertz CT molecular complexity index is 589. The number of hydrogen-bond acceptors (Lipinski definition) is 5. The van der Waals surface area contributed by atoms with Gasteiger partial charge in [0.25, 0.3) is 0 Å². The number of carbonyl (C=O) groups is 2. The van der Waals surface area contributed by atoms with Crippen LogP contribution in [0, 0.1) is 11.8 Å². The van der Waals surface area contributed by atoms with Crippen molar-refractivity contribution in [3.05, 3.63) is 0 Å². The van der Waals surface area contributed by atoms with Gasteiger partial charge in [-0.25, -0.2) is 0 Å². The summed E-state index contributed by atoms with van der Waals surface area (Å²) in [6.45, 7) is 8.82. The maximum Gasteiger partial charge on any atom is 0.306 e. The lowest BCUT2D eigenvalue weighted by atomic mass is 10.0. The summed E-state index contributed by atoms with van der Waals surface area (Å²) >= 11 is 0. The average molecular weight is 597 g/mol. The van der Waals surface area contributed by atoms with Crippen LogP contribution in [0.5, 0.6) is 0 Å². The molecule has 0 amide bonds. The molecule has 5 nitrogen and oxygen atoms in total. The Kier molecular flexibility index (Phi) is 30.5. The van der Waals surface area contributed by atoms with Crippen molar-refractivity contribution >= 4 is 11.9 Å². The molecule has 0 unspecified atom stereocenters. The molecule has 0 aliphatic heterocycles. The van der Waals surface area contributed by atoms with E-state index < -0.39 is 6.10 Å². The number of rotatable bonds is 32. The zero-order valence-electron chi connectivity index (χ0n) is 28.6. The van der Waals surface area contributed by atoms with E-state index in [0.29, 0.717) is 12.8 Å². The summed E-state index contributed by atoms with van der Waals surface area (Å²) in [5.41, 5.74) is 0. The molecular weight excluding hydrogens is 524 g/mol. The minimum Gasteiger partial charge on any atom is -0.462 e. The second-order valence-electron chi connectivity index (χ2n) is 13.6. The Balaban J connectivity index is 3.52. The maximum atomic E-state index is 12.1. The van der Waals surface area contributed by atoms with Crippen LogP contribution in [0.3, 0.4) is 0 Å². The monoisotopic (exact) mass is 597 g/mol. The van der Waals surface area contributed by atoms with Crippen LogP contribution < -0.4 is 0 Å². The van der Waals surface area contributed by atoms with Crippen molar-refractivity contribution in [3.8, 4) is 0 Å². The van der Waals surface area contributed by atoms with Crippen molar-refractivity contribution in [2.75, 3.05) is 13.2 Å². The van der Waals surface area contributed by atoms with E-state index in [0.717, 1.165) is 50.4 Å². The van der Waals surface area contributed by atoms with Crippen molar-refractivity contribution in [2.45, 2.75) is 201 Å². The average Bonchev–Trinajstić information content (AvgIpc) is 2.95. The summed E-state index contributed by atoms with van der Waals surface area (Å²) in [5, 5.41) is 9.52. The van der Waals surface area contributed by atoms with Gasteiger partial charge in [0.2, 0.25) is 0 Å². The van der Waals surface area contributed by atoms with Crippen LogP contribution >= 0.6 is 0 Å². The first-order valence-electron chi connectivity index (χ1n) is 18.3. The summed E-state index contributed by atoms with van der Waals surface area (Å²) < 4.78 is 10.6. The predicted molar refractivity (Wildman–Crippen MR) is 178 cm³/mol. The zero-order valence-corrected chi connectivity index (χ0v) is 28.6. The molecule has 0 aromatic carbocycles. The van der Waals surface area contributed by atoms with Crippen LogP contribution in [0.2, 0.25) is 0 Å². The van der Waals surface area contributed by atoms with Crippen LogP contribution in [0.4, 0.5) is 0 Å². The van der Waals surface area contributed by atoms with Crippen molar-refractivity contribution in [1.29, 1.82) is 0 Å². The van der Waals surface area contributed by atoms with E-state index in [-0.39, 0.29) is 25.2 Å². The third-order valence-corrected chi connectivity index (χ3v) is 8.26. The highest BCUT2D eigenvalue weighted by Crippen LogP contribution is 2.16. The summed E-state index contributed by atoms with van der Waals surface area (Å²) in [5.74, 6) is 1.08. The van der Waals surface area contributed by atoms with Crippen molar-refractivity contribution < 1.29 is 24.2 Å². The molecule has 0 aromatic rings. The lowest BCUT2D eigenvalue weighted by Gasteiger charge is -2.15. The largest absolute Gasteiger partial charge is 0.462 e. The molecule has 0 aliphatic rings. The molecule has 0 heterocycles. The third-order valence-electron chi connectivity index (χ3n) is 8.26. The van der Waals surface area contributed by atoms with Gasteiger partial charge in [-0.2, -0.15) is 0 Å². The Morgan fingerprint density at radius 3 is 1.12 bits per heavy atom. The van der Waals surface area contributed by atoms with Gasteiger partial charge in [-0.15, -0.1) is 0 Å². The molecule has 0 saturated carbocycles. The van der Waals surface area contributed by atoms with Gasteiger partial charge in [0, 0.05) is 12.8 Å². The minimum atomic E-state index is -0.762. The molecule has 0 radical (unpaired) electrons.